The Balaban J connectivity index is 2.19. The zero-order valence-corrected chi connectivity index (χ0v) is 11.2. The second-order valence-electron chi connectivity index (χ2n) is 5.07. The number of rotatable bonds is 2. The summed E-state index contributed by atoms with van der Waals surface area (Å²) < 4.78 is 6.06. The topological polar surface area (TPSA) is 45.9 Å². The van der Waals surface area contributed by atoms with Crippen molar-refractivity contribution in [1.29, 1.82) is 5.26 Å². The highest BCUT2D eigenvalue weighted by Gasteiger charge is 2.17. The molecule has 1 aliphatic carbocycles. The Kier molecular flexibility index (Phi) is 4.19. The smallest absolute Gasteiger partial charge is 0.141 e. The highest BCUT2D eigenvalue weighted by Crippen LogP contribution is 2.27. The van der Waals surface area contributed by atoms with Gasteiger partial charge in [0.25, 0.3) is 0 Å². The molecule has 1 aliphatic rings. The highest BCUT2D eigenvalue weighted by molar-refractivity contribution is 5.46. The third-order valence-corrected chi connectivity index (χ3v) is 3.50. The lowest BCUT2D eigenvalue weighted by atomic mass is 10.1. The van der Waals surface area contributed by atoms with Crippen molar-refractivity contribution in [2.75, 3.05) is 0 Å². The Labute approximate surface area is 109 Å². The van der Waals surface area contributed by atoms with Crippen LogP contribution in [0.1, 0.15) is 55.5 Å². The van der Waals surface area contributed by atoms with Crippen LogP contribution in [0, 0.1) is 25.2 Å². The minimum absolute atomic E-state index is 0.265. The van der Waals surface area contributed by atoms with Gasteiger partial charge in [0.05, 0.1) is 11.8 Å². The van der Waals surface area contributed by atoms with Crippen LogP contribution in [0.3, 0.4) is 0 Å². The van der Waals surface area contributed by atoms with Gasteiger partial charge < -0.3 is 4.74 Å². The average Bonchev–Trinajstić information content (AvgIpc) is 2.57. The van der Waals surface area contributed by atoms with Crippen LogP contribution in [-0.2, 0) is 0 Å². The van der Waals surface area contributed by atoms with E-state index in [1.807, 2.05) is 19.9 Å². The highest BCUT2D eigenvalue weighted by atomic mass is 16.5. The molecule has 1 aromatic heterocycles. The number of aromatic nitrogens is 1. The summed E-state index contributed by atoms with van der Waals surface area (Å²) >= 11 is 0. The molecule has 0 unspecified atom stereocenters. The van der Waals surface area contributed by atoms with E-state index in [9.17, 15) is 5.26 Å². The molecular weight excluding hydrogens is 224 g/mol. The van der Waals surface area contributed by atoms with E-state index in [4.69, 9.17) is 4.74 Å². The zero-order chi connectivity index (χ0) is 13.0. The van der Waals surface area contributed by atoms with E-state index >= 15 is 0 Å². The molecule has 1 aromatic rings. The van der Waals surface area contributed by atoms with Crippen LogP contribution in [0.4, 0.5) is 0 Å². The summed E-state index contributed by atoms with van der Waals surface area (Å²) in [7, 11) is 0. The standard InChI is InChI=1S/C15H20N2O/c1-11-9-15(14(10-16)12(2)17-11)18-13-7-5-3-4-6-8-13/h9,13H,3-8H2,1-2H3. The summed E-state index contributed by atoms with van der Waals surface area (Å²) in [5, 5.41) is 9.21. The van der Waals surface area contributed by atoms with Gasteiger partial charge in [-0.3, -0.25) is 4.98 Å². The van der Waals surface area contributed by atoms with Crippen LogP contribution in [0.5, 0.6) is 5.75 Å². The number of pyridine rings is 1. The van der Waals surface area contributed by atoms with Gasteiger partial charge in [0.15, 0.2) is 0 Å². The Morgan fingerprint density at radius 1 is 1.22 bits per heavy atom. The average molecular weight is 244 g/mol. The van der Waals surface area contributed by atoms with E-state index in [1.54, 1.807) is 0 Å². The van der Waals surface area contributed by atoms with Crippen molar-refractivity contribution in [1.82, 2.24) is 4.98 Å². The fraction of sp³-hybridized carbons (Fsp3) is 0.600. The van der Waals surface area contributed by atoms with Gasteiger partial charge in [-0.2, -0.15) is 5.26 Å². The third-order valence-electron chi connectivity index (χ3n) is 3.50. The Hall–Kier alpha value is -1.56. The van der Waals surface area contributed by atoms with Crippen molar-refractivity contribution >= 4 is 0 Å². The molecule has 0 N–H and O–H groups in total. The molecule has 1 saturated carbocycles. The Morgan fingerprint density at radius 2 is 1.89 bits per heavy atom. The van der Waals surface area contributed by atoms with Gasteiger partial charge in [-0.1, -0.05) is 12.8 Å². The maximum absolute atomic E-state index is 9.21. The first-order chi connectivity index (χ1) is 8.70. The summed E-state index contributed by atoms with van der Waals surface area (Å²) in [5.41, 5.74) is 2.26. The first-order valence-corrected chi connectivity index (χ1v) is 6.75. The molecule has 0 saturated heterocycles. The lowest BCUT2D eigenvalue weighted by Crippen LogP contribution is -2.16. The van der Waals surface area contributed by atoms with E-state index in [0.717, 1.165) is 30.0 Å². The number of nitriles is 1. The van der Waals surface area contributed by atoms with E-state index in [2.05, 4.69) is 11.1 Å². The van der Waals surface area contributed by atoms with Gasteiger partial charge in [-0.05, 0) is 39.5 Å². The maximum Gasteiger partial charge on any atom is 0.141 e. The largest absolute Gasteiger partial charge is 0.489 e. The zero-order valence-electron chi connectivity index (χ0n) is 11.2. The summed E-state index contributed by atoms with van der Waals surface area (Å²) in [6, 6.07) is 4.09. The maximum atomic E-state index is 9.21. The predicted molar refractivity (Wildman–Crippen MR) is 70.5 cm³/mol. The van der Waals surface area contributed by atoms with Crippen molar-refractivity contribution in [3.63, 3.8) is 0 Å². The second kappa shape index (κ2) is 5.86. The number of nitrogens with zero attached hydrogens (tertiary/aromatic N) is 2. The number of aryl methyl sites for hydroxylation is 2. The molecule has 0 radical (unpaired) electrons. The number of ether oxygens (including phenoxy) is 1. The second-order valence-corrected chi connectivity index (χ2v) is 5.07. The molecule has 2 rings (SSSR count). The lowest BCUT2D eigenvalue weighted by molar-refractivity contribution is 0.183. The van der Waals surface area contributed by atoms with Gasteiger partial charge in [-0.15, -0.1) is 0 Å². The molecule has 3 heteroatoms. The quantitative estimate of drug-likeness (QED) is 0.746. The Bertz CT molecular complexity index is 454. The van der Waals surface area contributed by atoms with Gasteiger partial charge >= 0.3 is 0 Å². The first kappa shape index (κ1) is 12.9. The third kappa shape index (κ3) is 3.01. The summed E-state index contributed by atoms with van der Waals surface area (Å²) in [4.78, 5) is 4.31. The predicted octanol–water partition coefficient (Wildman–Crippen LogP) is 3.67. The monoisotopic (exact) mass is 244 g/mol. The molecular formula is C15H20N2O. The van der Waals surface area contributed by atoms with Gasteiger partial charge in [0.1, 0.15) is 17.4 Å². The van der Waals surface area contributed by atoms with Crippen LogP contribution in [0.15, 0.2) is 6.07 Å². The SMILES string of the molecule is Cc1cc(OC2CCCCCC2)c(C#N)c(C)n1. The van der Waals surface area contributed by atoms with Gasteiger partial charge in [-0.25, -0.2) is 0 Å². The molecule has 0 aromatic carbocycles. The molecule has 1 fully saturated rings. The minimum atomic E-state index is 0.265. The van der Waals surface area contributed by atoms with Crippen molar-refractivity contribution in [2.45, 2.75) is 58.5 Å². The fourth-order valence-electron chi connectivity index (χ4n) is 2.56. The van der Waals surface area contributed by atoms with Gasteiger partial charge in [0.2, 0.25) is 0 Å². The molecule has 0 atom stereocenters. The van der Waals surface area contributed by atoms with Crippen molar-refractivity contribution in [2.24, 2.45) is 0 Å². The van der Waals surface area contributed by atoms with Crippen LogP contribution in [-0.4, -0.2) is 11.1 Å². The lowest BCUT2D eigenvalue weighted by Gasteiger charge is -2.18. The molecule has 0 amide bonds. The molecule has 3 nitrogen and oxygen atoms in total. The van der Waals surface area contributed by atoms with Crippen LogP contribution in [0.25, 0.3) is 0 Å². The van der Waals surface area contributed by atoms with Crippen LogP contribution < -0.4 is 4.74 Å². The van der Waals surface area contributed by atoms with Crippen molar-refractivity contribution < 1.29 is 4.74 Å². The summed E-state index contributed by atoms with van der Waals surface area (Å²) in [5.74, 6) is 0.717. The van der Waals surface area contributed by atoms with Crippen LogP contribution in [0.2, 0.25) is 0 Å². The molecule has 0 aliphatic heterocycles. The molecule has 18 heavy (non-hydrogen) atoms. The molecule has 1 heterocycles. The van der Waals surface area contributed by atoms with E-state index in [0.29, 0.717) is 5.56 Å². The molecule has 0 bridgehead atoms. The first-order valence-electron chi connectivity index (χ1n) is 6.75. The summed E-state index contributed by atoms with van der Waals surface area (Å²) in [6.45, 7) is 3.81. The number of hydrogen-bond donors (Lipinski definition) is 0. The van der Waals surface area contributed by atoms with E-state index < -0.39 is 0 Å². The Morgan fingerprint density at radius 3 is 2.50 bits per heavy atom. The van der Waals surface area contributed by atoms with Crippen molar-refractivity contribution in [3.05, 3.63) is 23.0 Å². The van der Waals surface area contributed by atoms with Crippen LogP contribution >= 0.6 is 0 Å². The number of hydrogen-bond acceptors (Lipinski definition) is 3. The van der Waals surface area contributed by atoms with E-state index in [-0.39, 0.29) is 6.10 Å². The van der Waals surface area contributed by atoms with Gasteiger partial charge in [0, 0.05) is 11.8 Å². The summed E-state index contributed by atoms with van der Waals surface area (Å²) in [6.07, 6.45) is 7.54. The fourth-order valence-corrected chi connectivity index (χ4v) is 2.56. The van der Waals surface area contributed by atoms with E-state index in [1.165, 1.54) is 25.7 Å². The minimum Gasteiger partial charge on any atom is -0.489 e. The normalized spacial score (nSPS) is 16.9. The molecule has 96 valence electrons. The molecule has 0 spiro atoms. The van der Waals surface area contributed by atoms with Crippen molar-refractivity contribution in [3.8, 4) is 11.8 Å².